The highest BCUT2D eigenvalue weighted by atomic mass is 32.1. The van der Waals surface area contributed by atoms with Gasteiger partial charge in [-0.25, -0.2) is 0 Å². The summed E-state index contributed by atoms with van der Waals surface area (Å²) in [4.78, 5) is 18.7. The van der Waals surface area contributed by atoms with E-state index in [4.69, 9.17) is 4.74 Å². The van der Waals surface area contributed by atoms with Gasteiger partial charge in [-0.1, -0.05) is 30.3 Å². The molecule has 0 unspecified atom stereocenters. The first kappa shape index (κ1) is 24.2. The van der Waals surface area contributed by atoms with Crippen molar-refractivity contribution in [3.05, 3.63) is 75.6 Å². The molecule has 2 N–H and O–H groups in total. The normalized spacial score (nSPS) is 14.7. The van der Waals surface area contributed by atoms with Gasteiger partial charge in [-0.15, -0.1) is 11.3 Å². The molecule has 8 heteroatoms. The first-order valence-corrected chi connectivity index (χ1v) is 13.1. The molecule has 36 heavy (non-hydrogen) atoms. The van der Waals surface area contributed by atoms with Gasteiger partial charge in [0, 0.05) is 50.9 Å². The van der Waals surface area contributed by atoms with Crippen LogP contribution in [0.2, 0.25) is 0 Å². The molecule has 1 saturated heterocycles. The van der Waals surface area contributed by atoms with Gasteiger partial charge in [0.2, 0.25) is 0 Å². The molecule has 0 aliphatic carbocycles. The number of thiophene rings is 1. The van der Waals surface area contributed by atoms with Crippen LogP contribution >= 0.6 is 11.3 Å². The molecule has 1 aliphatic heterocycles. The number of aryl methyl sites for hydroxylation is 1. The number of para-hydroxylation sites is 1. The number of H-pyrrole nitrogens is 1. The van der Waals surface area contributed by atoms with E-state index in [2.05, 4.69) is 49.6 Å². The summed E-state index contributed by atoms with van der Waals surface area (Å²) >= 11 is 1.46. The lowest BCUT2D eigenvalue weighted by Gasteiger charge is -2.36. The highest BCUT2D eigenvalue weighted by molar-refractivity contribution is 7.12. The third kappa shape index (κ3) is 5.36. The van der Waals surface area contributed by atoms with Gasteiger partial charge in [-0.3, -0.25) is 14.8 Å². The quantitative estimate of drug-likeness (QED) is 0.350. The number of rotatable bonds is 8. The predicted octanol–water partition coefficient (Wildman–Crippen LogP) is 5.12. The van der Waals surface area contributed by atoms with Crippen LogP contribution < -0.4 is 10.2 Å². The fourth-order valence-electron chi connectivity index (χ4n) is 4.51. The Morgan fingerprint density at radius 1 is 1.14 bits per heavy atom. The summed E-state index contributed by atoms with van der Waals surface area (Å²) in [6.45, 7) is 7.54. The van der Waals surface area contributed by atoms with Crippen LogP contribution in [0.4, 0.5) is 11.4 Å². The van der Waals surface area contributed by atoms with Gasteiger partial charge in [0.25, 0.3) is 5.91 Å². The number of fused-ring (bicyclic) bond motifs is 1. The summed E-state index contributed by atoms with van der Waals surface area (Å²) in [6, 6.07) is 16.3. The van der Waals surface area contributed by atoms with Crippen LogP contribution in [0.1, 0.15) is 26.5 Å². The molecule has 0 bridgehead atoms. The molecule has 1 fully saturated rings. The molecule has 5 rings (SSSR count). The van der Waals surface area contributed by atoms with Gasteiger partial charge >= 0.3 is 0 Å². The molecule has 7 nitrogen and oxygen atoms in total. The number of ether oxygens (including phenoxy) is 1. The SMILES string of the molecule is COCCN1CCN(c2ccc(/C=C/c3n[nH]c4ccccc34)c(NC(=O)c3sccc3C)c2)CC1. The largest absolute Gasteiger partial charge is 0.383 e. The van der Waals surface area contributed by atoms with E-state index in [-0.39, 0.29) is 5.91 Å². The number of aromatic nitrogens is 2. The minimum Gasteiger partial charge on any atom is -0.383 e. The zero-order valence-electron chi connectivity index (χ0n) is 20.7. The van der Waals surface area contributed by atoms with E-state index in [9.17, 15) is 4.79 Å². The molecular formula is C28H31N5O2S. The average Bonchev–Trinajstić information content (AvgIpc) is 3.53. The van der Waals surface area contributed by atoms with Crippen molar-refractivity contribution in [2.75, 3.05) is 56.7 Å². The molecule has 1 aliphatic rings. The number of anilines is 2. The number of amides is 1. The predicted molar refractivity (Wildman–Crippen MR) is 149 cm³/mol. The average molecular weight is 502 g/mol. The molecular weight excluding hydrogens is 470 g/mol. The van der Waals surface area contributed by atoms with Crippen molar-refractivity contribution < 1.29 is 9.53 Å². The Balaban J connectivity index is 1.41. The Bertz CT molecular complexity index is 1370. The third-order valence-corrected chi connectivity index (χ3v) is 7.64. The van der Waals surface area contributed by atoms with E-state index < -0.39 is 0 Å². The maximum atomic E-state index is 13.1. The maximum absolute atomic E-state index is 13.1. The lowest BCUT2D eigenvalue weighted by molar-refractivity contribution is 0.103. The second-order valence-electron chi connectivity index (χ2n) is 8.97. The minimum absolute atomic E-state index is 0.0797. The van der Waals surface area contributed by atoms with Gasteiger partial charge in [0.1, 0.15) is 0 Å². The van der Waals surface area contributed by atoms with Crippen LogP contribution in [0.5, 0.6) is 0 Å². The number of hydrogen-bond donors (Lipinski definition) is 2. The van der Waals surface area contributed by atoms with Crippen molar-refractivity contribution in [1.29, 1.82) is 0 Å². The number of aromatic amines is 1. The van der Waals surface area contributed by atoms with Crippen LogP contribution in [0.3, 0.4) is 0 Å². The summed E-state index contributed by atoms with van der Waals surface area (Å²) in [7, 11) is 1.74. The van der Waals surface area contributed by atoms with Gasteiger partial charge in [-0.2, -0.15) is 5.10 Å². The zero-order chi connectivity index (χ0) is 24.9. The molecule has 2 aromatic carbocycles. The van der Waals surface area contributed by atoms with E-state index in [0.29, 0.717) is 0 Å². The van der Waals surface area contributed by atoms with E-state index in [0.717, 1.165) is 83.3 Å². The molecule has 0 atom stereocenters. The van der Waals surface area contributed by atoms with Crippen LogP contribution in [-0.2, 0) is 4.74 Å². The Labute approximate surface area is 215 Å². The summed E-state index contributed by atoms with van der Waals surface area (Å²) in [5.41, 5.74) is 5.70. The lowest BCUT2D eigenvalue weighted by atomic mass is 10.1. The summed E-state index contributed by atoms with van der Waals surface area (Å²) in [5, 5.41) is 13.7. The van der Waals surface area contributed by atoms with Crippen LogP contribution in [-0.4, -0.2) is 67.4 Å². The second-order valence-corrected chi connectivity index (χ2v) is 9.88. The maximum Gasteiger partial charge on any atom is 0.266 e. The highest BCUT2D eigenvalue weighted by Gasteiger charge is 2.19. The smallest absolute Gasteiger partial charge is 0.266 e. The second kappa shape index (κ2) is 11.1. The number of methoxy groups -OCH3 is 1. The summed E-state index contributed by atoms with van der Waals surface area (Å²) in [5.74, 6) is -0.0797. The zero-order valence-corrected chi connectivity index (χ0v) is 21.5. The summed E-state index contributed by atoms with van der Waals surface area (Å²) < 4.78 is 5.23. The third-order valence-electron chi connectivity index (χ3n) is 6.62. The summed E-state index contributed by atoms with van der Waals surface area (Å²) in [6.07, 6.45) is 4.01. The number of nitrogens with one attached hydrogen (secondary N) is 2. The Hall–Kier alpha value is -3.46. The lowest BCUT2D eigenvalue weighted by Crippen LogP contribution is -2.47. The molecule has 186 valence electrons. The van der Waals surface area contributed by atoms with Crippen LogP contribution in [0.15, 0.2) is 53.9 Å². The van der Waals surface area contributed by atoms with E-state index >= 15 is 0 Å². The molecule has 0 spiro atoms. The number of hydrogen-bond acceptors (Lipinski definition) is 6. The Morgan fingerprint density at radius 3 is 2.75 bits per heavy atom. The first-order chi connectivity index (χ1) is 17.6. The number of carbonyl (C=O) groups is 1. The first-order valence-electron chi connectivity index (χ1n) is 12.2. The Kier molecular flexibility index (Phi) is 7.46. The molecule has 2 aromatic heterocycles. The number of benzene rings is 2. The van der Waals surface area contributed by atoms with Crippen LogP contribution in [0, 0.1) is 6.92 Å². The molecule has 0 saturated carbocycles. The van der Waals surface area contributed by atoms with E-state index in [1.54, 1.807) is 7.11 Å². The molecule has 4 aromatic rings. The van der Waals surface area contributed by atoms with Crippen molar-refractivity contribution in [1.82, 2.24) is 15.1 Å². The highest BCUT2D eigenvalue weighted by Crippen LogP contribution is 2.28. The van der Waals surface area contributed by atoms with Gasteiger partial charge in [0.05, 0.1) is 28.4 Å². The topological polar surface area (TPSA) is 73.5 Å². The van der Waals surface area contributed by atoms with E-state index in [1.807, 2.05) is 48.7 Å². The Morgan fingerprint density at radius 2 is 1.97 bits per heavy atom. The number of carbonyl (C=O) groups excluding carboxylic acids is 1. The fraction of sp³-hybridized carbons (Fsp3) is 0.286. The monoisotopic (exact) mass is 501 g/mol. The van der Waals surface area contributed by atoms with Crippen molar-refractivity contribution in [3.8, 4) is 0 Å². The molecule has 1 amide bonds. The van der Waals surface area contributed by atoms with Gasteiger partial charge < -0.3 is 15.0 Å². The molecule has 3 heterocycles. The number of nitrogens with zero attached hydrogens (tertiary/aromatic N) is 3. The fourth-order valence-corrected chi connectivity index (χ4v) is 5.33. The molecule has 0 radical (unpaired) electrons. The standard InChI is InChI=1S/C28H31N5O2S/c1-20-11-18-36-27(20)28(34)29-26-19-22(33-14-12-32(13-15-33)16-17-35-2)9-7-21(26)8-10-25-23-5-3-4-6-24(23)30-31-25/h3-11,18-19H,12-17H2,1-2H3,(H,29,34)(H,30,31)/b10-8+. The van der Waals surface area contributed by atoms with Crippen molar-refractivity contribution in [2.45, 2.75) is 6.92 Å². The van der Waals surface area contributed by atoms with Crippen LogP contribution in [0.25, 0.3) is 23.1 Å². The van der Waals surface area contributed by atoms with Crippen molar-refractivity contribution in [2.24, 2.45) is 0 Å². The number of piperazine rings is 1. The van der Waals surface area contributed by atoms with E-state index in [1.165, 1.54) is 11.3 Å². The van der Waals surface area contributed by atoms with Crippen molar-refractivity contribution >= 4 is 51.7 Å². The van der Waals surface area contributed by atoms with Crippen molar-refractivity contribution in [3.63, 3.8) is 0 Å². The van der Waals surface area contributed by atoms with Gasteiger partial charge in [-0.05, 0) is 53.8 Å². The minimum atomic E-state index is -0.0797. The van der Waals surface area contributed by atoms with Gasteiger partial charge in [0.15, 0.2) is 0 Å².